The summed E-state index contributed by atoms with van der Waals surface area (Å²) in [6, 6.07) is 13.4. The molecule has 1 aliphatic rings. The molecule has 1 aliphatic heterocycles. The second-order valence-corrected chi connectivity index (χ2v) is 5.57. The lowest BCUT2D eigenvalue weighted by Gasteiger charge is -2.10. The van der Waals surface area contributed by atoms with E-state index in [2.05, 4.69) is 10.6 Å². The van der Waals surface area contributed by atoms with Gasteiger partial charge in [0, 0.05) is 5.56 Å². The van der Waals surface area contributed by atoms with E-state index in [-0.39, 0.29) is 12.5 Å². The Kier molecular flexibility index (Phi) is 5.36. The molecular weight excluding hydrogens is 352 g/mol. The zero-order chi connectivity index (χ0) is 19.2. The van der Waals surface area contributed by atoms with Gasteiger partial charge in [0.15, 0.2) is 11.5 Å². The van der Waals surface area contributed by atoms with Gasteiger partial charge in [-0.25, -0.2) is 0 Å². The van der Waals surface area contributed by atoms with Crippen LogP contribution in [0, 0.1) is 0 Å². The lowest BCUT2D eigenvalue weighted by atomic mass is 10.1. The molecule has 0 radical (unpaired) electrons. The first kappa shape index (κ1) is 18.0. The largest absolute Gasteiger partial charge is 0.480 e. The highest BCUT2D eigenvalue weighted by atomic mass is 16.7. The van der Waals surface area contributed by atoms with Gasteiger partial charge >= 0.3 is 5.97 Å². The van der Waals surface area contributed by atoms with Crippen LogP contribution in [0.15, 0.2) is 54.2 Å². The number of benzene rings is 2. The van der Waals surface area contributed by atoms with Crippen LogP contribution in [0.3, 0.4) is 0 Å². The van der Waals surface area contributed by atoms with Crippen LogP contribution in [0.2, 0.25) is 0 Å². The molecule has 8 heteroatoms. The Morgan fingerprint density at radius 3 is 2.52 bits per heavy atom. The van der Waals surface area contributed by atoms with Crippen molar-refractivity contribution < 1.29 is 29.0 Å². The number of ether oxygens (including phenoxy) is 2. The van der Waals surface area contributed by atoms with Crippen LogP contribution < -0.4 is 20.1 Å². The quantitative estimate of drug-likeness (QED) is 0.664. The van der Waals surface area contributed by atoms with E-state index in [0.29, 0.717) is 22.6 Å². The number of carboxylic acid groups (broad SMARTS) is 1. The van der Waals surface area contributed by atoms with Crippen LogP contribution in [-0.4, -0.2) is 36.2 Å². The standard InChI is InChI=1S/C19H16N2O6/c22-17(23)10-20-19(25)14(21-18(24)13-4-2-1-3-5-13)8-12-6-7-15-16(9-12)27-11-26-15/h1-9H,10-11H2,(H,20,25)(H,21,24)(H,22,23)/b14-8+. The molecule has 8 nitrogen and oxygen atoms in total. The predicted molar refractivity (Wildman–Crippen MR) is 95.1 cm³/mol. The molecule has 0 atom stereocenters. The van der Waals surface area contributed by atoms with E-state index in [4.69, 9.17) is 14.6 Å². The van der Waals surface area contributed by atoms with Gasteiger partial charge in [-0.05, 0) is 35.9 Å². The summed E-state index contributed by atoms with van der Waals surface area (Å²) in [5, 5.41) is 13.5. The molecule has 2 aromatic carbocycles. The van der Waals surface area contributed by atoms with E-state index in [1.807, 2.05) is 0 Å². The van der Waals surface area contributed by atoms with E-state index >= 15 is 0 Å². The summed E-state index contributed by atoms with van der Waals surface area (Å²) in [5.41, 5.74) is 0.845. The maximum Gasteiger partial charge on any atom is 0.322 e. The third-order valence-corrected chi connectivity index (χ3v) is 3.64. The molecule has 0 fully saturated rings. The molecule has 2 aromatic rings. The summed E-state index contributed by atoms with van der Waals surface area (Å²) in [5.74, 6) is -1.31. The fourth-order valence-corrected chi connectivity index (χ4v) is 2.36. The van der Waals surface area contributed by atoms with E-state index in [1.54, 1.807) is 48.5 Å². The monoisotopic (exact) mass is 368 g/mol. The van der Waals surface area contributed by atoms with Crippen molar-refractivity contribution in [3.8, 4) is 11.5 Å². The highest BCUT2D eigenvalue weighted by Gasteiger charge is 2.17. The van der Waals surface area contributed by atoms with Gasteiger partial charge < -0.3 is 25.2 Å². The zero-order valence-corrected chi connectivity index (χ0v) is 14.1. The molecule has 1 heterocycles. The van der Waals surface area contributed by atoms with Gasteiger partial charge in [-0.15, -0.1) is 0 Å². The number of hydrogen-bond acceptors (Lipinski definition) is 5. The molecule has 3 rings (SSSR count). The molecule has 0 unspecified atom stereocenters. The molecule has 0 spiro atoms. The predicted octanol–water partition coefficient (Wildman–Crippen LogP) is 1.39. The molecule has 27 heavy (non-hydrogen) atoms. The molecule has 0 bridgehead atoms. The molecule has 0 saturated heterocycles. The molecule has 2 amide bonds. The lowest BCUT2D eigenvalue weighted by Crippen LogP contribution is -2.37. The molecule has 3 N–H and O–H groups in total. The smallest absolute Gasteiger partial charge is 0.322 e. The second-order valence-electron chi connectivity index (χ2n) is 5.57. The molecule has 0 saturated carbocycles. The number of carbonyl (C=O) groups is 3. The number of carbonyl (C=O) groups excluding carboxylic acids is 2. The highest BCUT2D eigenvalue weighted by Crippen LogP contribution is 2.33. The Labute approximate surface area is 154 Å². The van der Waals surface area contributed by atoms with Crippen molar-refractivity contribution in [1.82, 2.24) is 10.6 Å². The lowest BCUT2D eigenvalue weighted by molar-refractivity contribution is -0.137. The van der Waals surface area contributed by atoms with Crippen LogP contribution in [0.25, 0.3) is 6.08 Å². The number of nitrogens with one attached hydrogen (secondary N) is 2. The minimum atomic E-state index is -1.19. The number of carboxylic acids is 1. The van der Waals surface area contributed by atoms with Crippen LogP contribution in [0.4, 0.5) is 0 Å². The summed E-state index contributed by atoms with van der Waals surface area (Å²) in [4.78, 5) is 35.4. The molecule has 138 valence electrons. The fraction of sp³-hybridized carbons (Fsp3) is 0.105. The van der Waals surface area contributed by atoms with Crippen molar-refractivity contribution in [2.75, 3.05) is 13.3 Å². The van der Waals surface area contributed by atoms with E-state index in [9.17, 15) is 14.4 Å². The van der Waals surface area contributed by atoms with Crippen LogP contribution in [-0.2, 0) is 9.59 Å². The Morgan fingerprint density at radius 2 is 1.78 bits per heavy atom. The summed E-state index contributed by atoms with van der Waals surface area (Å²) >= 11 is 0. The van der Waals surface area contributed by atoms with E-state index in [1.165, 1.54) is 6.08 Å². The first-order chi connectivity index (χ1) is 13.0. The third kappa shape index (κ3) is 4.63. The molecule has 0 aliphatic carbocycles. The number of rotatable bonds is 6. The Hall–Kier alpha value is -3.81. The van der Waals surface area contributed by atoms with E-state index in [0.717, 1.165) is 0 Å². The van der Waals surface area contributed by atoms with Crippen molar-refractivity contribution in [1.29, 1.82) is 0 Å². The highest BCUT2D eigenvalue weighted by molar-refractivity contribution is 6.05. The normalized spacial score (nSPS) is 12.4. The van der Waals surface area contributed by atoms with Gasteiger partial charge in [0.05, 0.1) is 0 Å². The first-order valence-corrected chi connectivity index (χ1v) is 8.00. The number of hydrogen-bond donors (Lipinski definition) is 3. The van der Waals surface area contributed by atoms with Crippen LogP contribution in [0.5, 0.6) is 11.5 Å². The minimum Gasteiger partial charge on any atom is -0.480 e. The van der Waals surface area contributed by atoms with Gasteiger partial charge in [-0.2, -0.15) is 0 Å². The summed E-state index contributed by atoms with van der Waals surface area (Å²) in [7, 11) is 0. The SMILES string of the molecule is O=C(O)CNC(=O)/C(=C\c1ccc2c(c1)OCO2)NC(=O)c1ccccc1. The van der Waals surface area contributed by atoms with Gasteiger partial charge in [0.2, 0.25) is 6.79 Å². The van der Waals surface area contributed by atoms with Crippen molar-refractivity contribution in [3.05, 3.63) is 65.4 Å². The Bertz CT molecular complexity index is 908. The van der Waals surface area contributed by atoms with Crippen LogP contribution in [0.1, 0.15) is 15.9 Å². The maximum absolute atomic E-state index is 12.4. The summed E-state index contributed by atoms with van der Waals surface area (Å²) < 4.78 is 10.5. The number of fused-ring (bicyclic) bond motifs is 1. The van der Waals surface area contributed by atoms with Crippen molar-refractivity contribution in [2.24, 2.45) is 0 Å². The fourth-order valence-electron chi connectivity index (χ4n) is 2.36. The van der Waals surface area contributed by atoms with Crippen LogP contribution >= 0.6 is 0 Å². The topological polar surface area (TPSA) is 114 Å². The maximum atomic E-state index is 12.4. The molecular formula is C19H16N2O6. The molecule has 0 aromatic heterocycles. The van der Waals surface area contributed by atoms with Gasteiger partial charge in [-0.3, -0.25) is 14.4 Å². The Balaban J connectivity index is 1.85. The summed E-state index contributed by atoms with van der Waals surface area (Å²) in [6.45, 7) is -0.461. The minimum absolute atomic E-state index is 0.0935. The van der Waals surface area contributed by atoms with Gasteiger partial charge in [-0.1, -0.05) is 24.3 Å². The van der Waals surface area contributed by atoms with Crippen molar-refractivity contribution >= 4 is 23.9 Å². The number of aliphatic carboxylic acids is 1. The Morgan fingerprint density at radius 1 is 1.04 bits per heavy atom. The first-order valence-electron chi connectivity index (χ1n) is 8.00. The second kappa shape index (κ2) is 8.05. The van der Waals surface area contributed by atoms with Crippen molar-refractivity contribution in [2.45, 2.75) is 0 Å². The van der Waals surface area contributed by atoms with E-state index < -0.39 is 24.3 Å². The van der Waals surface area contributed by atoms with Gasteiger partial charge in [0.1, 0.15) is 12.2 Å². The zero-order valence-electron chi connectivity index (χ0n) is 14.1. The average Bonchev–Trinajstić information content (AvgIpc) is 3.14. The van der Waals surface area contributed by atoms with Crippen molar-refractivity contribution in [3.63, 3.8) is 0 Å². The average molecular weight is 368 g/mol. The summed E-state index contributed by atoms with van der Waals surface area (Å²) in [6.07, 6.45) is 1.43. The third-order valence-electron chi connectivity index (χ3n) is 3.64. The number of amides is 2. The van der Waals surface area contributed by atoms with Gasteiger partial charge in [0.25, 0.3) is 11.8 Å².